The molecule has 0 aromatic heterocycles. The molecule has 1 aromatic carbocycles. The van der Waals surface area contributed by atoms with Gasteiger partial charge in [-0.3, -0.25) is 4.52 Å². The second kappa shape index (κ2) is 8.24. The van der Waals surface area contributed by atoms with E-state index >= 15 is 0 Å². The molecule has 0 amide bonds. The fourth-order valence-electron chi connectivity index (χ4n) is 1.42. The zero-order chi connectivity index (χ0) is 16.8. The Labute approximate surface area is 135 Å². The van der Waals surface area contributed by atoms with Gasteiger partial charge in [0.15, 0.2) is 0 Å². The lowest BCUT2D eigenvalue weighted by Crippen LogP contribution is -2.06. The molecule has 2 unspecified atom stereocenters. The standard InChI is InChI=1S/C13H21O6PS2/c1-5-11(3)21-20(14,17-6-2)18-12-8-7-9-13(10-12)19-22(4,15)16/h7-11H,5-6H2,1-4H3. The lowest BCUT2D eigenvalue weighted by molar-refractivity contribution is 0.296. The van der Waals surface area contributed by atoms with Crippen LogP contribution < -0.4 is 8.71 Å². The van der Waals surface area contributed by atoms with Gasteiger partial charge in [-0.15, -0.1) is 0 Å². The second-order valence-corrected chi connectivity index (χ2v) is 10.4. The van der Waals surface area contributed by atoms with E-state index in [1.807, 2.05) is 13.8 Å². The lowest BCUT2D eigenvalue weighted by atomic mass is 10.3. The Bertz CT molecular complexity index is 631. The highest BCUT2D eigenvalue weighted by molar-refractivity contribution is 8.55. The summed E-state index contributed by atoms with van der Waals surface area (Å²) in [5.74, 6) is 0.324. The van der Waals surface area contributed by atoms with E-state index in [2.05, 4.69) is 0 Å². The largest absolute Gasteiger partial charge is 0.440 e. The molecule has 6 nitrogen and oxygen atoms in total. The quantitative estimate of drug-likeness (QED) is 0.480. The van der Waals surface area contributed by atoms with Crippen molar-refractivity contribution in [3.05, 3.63) is 24.3 Å². The monoisotopic (exact) mass is 368 g/mol. The van der Waals surface area contributed by atoms with Gasteiger partial charge >= 0.3 is 16.9 Å². The lowest BCUT2D eigenvalue weighted by Gasteiger charge is -2.20. The molecular formula is C13H21O6PS2. The molecule has 0 aliphatic heterocycles. The molecule has 9 heteroatoms. The number of hydrogen-bond acceptors (Lipinski definition) is 7. The van der Waals surface area contributed by atoms with Crippen LogP contribution in [0.5, 0.6) is 11.5 Å². The summed E-state index contributed by atoms with van der Waals surface area (Å²) in [7, 11) is -3.63. The fraction of sp³-hybridized carbons (Fsp3) is 0.538. The average molecular weight is 368 g/mol. The summed E-state index contributed by atoms with van der Waals surface area (Å²) in [5.41, 5.74) is 0. The first kappa shape index (κ1) is 19.4. The summed E-state index contributed by atoms with van der Waals surface area (Å²) in [4.78, 5) is 0. The van der Waals surface area contributed by atoms with Gasteiger partial charge in [0.1, 0.15) is 11.5 Å². The Morgan fingerprint density at radius 3 is 2.45 bits per heavy atom. The summed E-state index contributed by atoms with van der Waals surface area (Å²) < 4.78 is 50.5. The van der Waals surface area contributed by atoms with E-state index in [1.165, 1.54) is 12.1 Å². The van der Waals surface area contributed by atoms with Crippen LogP contribution in [0.15, 0.2) is 24.3 Å². The van der Waals surface area contributed by atoms with Crippen LogP contribution in [0.2, 0.25) is 0 Å². The van der Waals surface area contributed by atoms with Gasteiger partial charge in [0.2, 0.25) is 0 Å². The summed E-state index contributed by atoms with van der Waals surface area (Å²) in [6.45, 7) is 2.52. The summed E-state index contributed by atoms with van der Waals surface area (Å²) in [5, 5.41) is 0.104. The molecule has 22 heavy (non-hydrogen) atoms. The third-order valence-corrected chi connectivity index (χ3v) is 7.29. The molecule has 0 fully saturated rings. The van der Waals surface area contributed by atoms with Crippen LogP contribution in [0.25, 0.3) is 0 Å². The Balaban J connectivity index is 2.94. The molecule has 1 rings (SSSR count). The normalized spacial score (nSPS) is 15.8. The van der Waals surface area contributed by atoms with E-state index < -0.39 is 16.9 Å². The Kier molecular flexibility index (Phi) is 7.25. The number of benzene rings is 1. The first-order valence-electron chi connectivity index (χ1n) is 6.79. The third-order valence-electron chi connectivity index (χ3n) is 2.44. The minimum absolute atomic E-state index is 0.0941. The maximum atomic E-state index is 12.7. The van der Waals surface area contributed by atoms with Crippen molar-refractivity contribution in [1.82, 2.24) is 0 Å². The van der Waals surface area contributed by atoms with Gasteiger partial charge in [0.25, 0.3) is 0 Å². The molecule has 0 radical (unpaired) electrons. The predicted octanol–water partition coefficient (Wildman–Crippen LogP) is 4.08. The molecule has 0 spiro atoms. The maximum absolute atomic E-state index is 12.7. The van der Waals surface area contributed by atoms with Gasteiger partial charge in [-0.25, -0.2) is 4.57 Å². The molecule has 0 saturated heterocycles. The van der Waals surface area contributed by atoms with Gasteiger partial charge in [-0.2, -0.15) is 8.42 Å². The average Bonchev–Trinajstić information content (AvgIpc) is 2.36. The van der Waals surface area contributed by atoms with Gasteiger partial charge in [-0.1, -0.05) is 19.9 Å². The van der Waals surface area contributed by atoms with Gasteiger partial charge in [0.05, 0.1) is 12.9 Å². The summed E-state index contributed by atoms with van der Waals surface area (Å²) >= 11 is 1.14. The predicted molar refractivity (Wildman–Crippen MR) is 89.1 cm³/mol. The van der Waals surface area contributed by atoms with Crippen LogP contribution in [0.3, 0.4) is 0 Å². The van der Waals surface area contributed by atoms with Crippen molar-refractivity contribution in [1.29, 1.82) is 0 Å². The van der Waals surface area contributed by atoms with Crippen molar-refractivity contribution in [2.75, 3.05) is 12.9 Å². The molecule has 0 aliphatic carbocycles. The molecule has 1 aromatic rings. The molecule has 0 heterocycles. The summed E-state index contributed by atoms with van der Waals surface area (Å²) in [6.07, 6.45) is 1.77. The molecule has 126 valence electrons. The molecule has 0 saturated carbocycles. The van der Waals surface area contributed by atoms with Crippen molar-refractivity contribution in [3.8, 4) is 11.5 Å². The van der Waals surface area contributed by atoms with E-state index in [1.54, 1.807) is 19.1 Å². The van der Waals surface area contributed by atoms with E-state index in [-0.39, 0.29) is 23.4 Å². The smallest absolute Gasteiger partial charge is 0.417 e. The summed E-state index contributed by atoms with van der Waals surface area (Å²) in [6, 6.07) is 5.96. The van der Waals surface area contributed by atoms with Crippen LogP contribution in [0, 0.1) is 0 Å². The number of rotatable bonds is 9. The molecule has 0 bridgehead atoms. The first-order valence-corrected chi connectivity index (χ1v) is 11.6. The molecular weight excluding hydrogens is 347 g/mol. The topological polar surface area (TPSA) is 78.9 Å². The van der Waals surface area contributed by atoms with Crippen LogP contribution in [-0.4, -0.2) is 26.5 Å². The number of hydrogen-bond donors (Lipinski definition) is 0. The van der Waals surface area contributed by atoms with Crippen molar-refractivity contribution >= 4 is 28.3 Å². The Morgan fingerprint density at radius 2 is 1.91 bits per heavy atom. The maximum Gasteiger partial charge on any atom is 0.440 e. The minimum atomic E-state index is -3.63. The van der Waals surface area contributed by atoms with E-state index in [0.29, 0.717) is 0 Å². The molecule has 0 aliphatic rings. The first-order chi connectivity index (χ1) is 10.2. The zero-order valence-corrected chi connectivity index (χ0v) is 15.5. The van der Waals surface area contributed by atoms with Gasteiger partial charge in [0, 0.05) is 11.3 Å². The highest BCUT2D eigenvalue weighted by atomic mass is 32.7. The van der Waals surface area contributed by atoms with Crippen molar-refractivity contribution < 1.29 is 26.2 Å². The van der Waals surface area contributed by atoms with E-state index in [4.69, 9.17) is 13.2 Å². The molecule has 2 atom stereocenters. The SMILES string of the molecule is CCOP(=O)(Oc1cccc(OS(C)(=O)=O)c1)SC(C)CC. The Morgan fingerprint density at radius 1 is 1.27 bits per heavy atom. The fourth-order valence-corrected chi connectivity index (χ4v) is 5.96. The highest BCUT2D eigenvalue weighted by Crippen LogP contribution is 2.62. The Hall–Kier alpha value is -0.690. The van der Waals surface area contributed by atoms with Crippen LogP contribution in [-0.2, 0) is 19.2 Å². The third kappa shape index (κ3) is 7.05. The van der Waals surface area contributed by atoms with Gasteiger partial charge in [-0.05, 0) is 36.9 Å². The van der Waals surface area contributed by atoms with Crippen LogP contribution in [0.1, 0.15) is 27.2 Å². The van der Waals surface area contributed by atoms with Crippen molar-refractivity contribution in [3.63, 3.8) is 0 Å². The van der Waals surface area contributed by atoms with E-state index in [0.717, 1.165) is 24.1 Å². The van der Waals surface area contributed by atoms with Crippen molar-refractivity contribution in [2.45, 2.75) is 32.4 Å². The van der Waals surface area contributed by atoms with Crippen LogP contribution >= 0.6 is 18.2 Å². The van der Waals surface area contributed by atoms with E-state index in [9.17, 15) is 13.0 Å². The van der Waals surface area contributed by atoms with Gasteiger partial charge < -0.3 is 8.71 Å². The second-order valence-electron chi connectivity index (χ2n) is 4.54. The van der Waals surface area contributed by atoms with Crippen LogP contribution in [0.4, 0.5) is 0 Å². The molecule has 0 N–H and O–H groups in total. The van der Waals surface area contributed by atoms with Crippen molar-refractivity contribution in [2.24, 2.45) is 0 Å². The highest BCUT2D eigenvalue weighted by Gasteiger charge is 2.29. The minimum Gasteiger partial charge on any atom is -0.417 e. The zero-order valence-electron chi connectivity index (χ0n) is 13.0.